The zero-order valence-electron chi connectivity index (χ0n) is 17.0. The molecule has 1 saturated heterocycles. The average Bonchev–Trinajstić information content (AvgIpc) is 2.71. The van der Waals surface area contributed by atoms with E-state index in [0.29, 0.717) is 17.9 Å². The quantitative estimate of drug-likeness (QED) is 0.800. The summed E-state index contributed by atoms with van der Waals surface area (Å²) in [5.41, 5.74) is 0.808. The number of nitrogens with zero attached hydrogens (tertiary/aromatic N) is 1. The van der Waals surface area contributed by atoms with E-state index in [1.54, 1.807) is 0 Å². The topological polar surface area (TPSA) is 49.4 Å². The van der Waals surface area contributed by atoms with Crippen LogP contribution in [0.1, 0.15) is 63.2 Å². The summed E-state index contributed by atoms with van der Waals surface area (Å²) in [6.45, 7) is 8.19. The Kier molecular flexibility index (Phi) is 6.69. The van der Waals surface area contributed by atoms with Gasteiger partial charge in [0.15, 0.2) is 5.78 Å². The van der Waals surface area contributed by atoms with Gasteiger partial charge in [-0.1, -0.05) is 57.0 Å². The van der Waals surface area contributed by atoms with Crippen molar-refractivity contribution in [3.63, 3.8) is 0 Å². The van der Waals surface area contributed by atoms with Crippen LogP contribution >= 0.6 is 0 Å². The molecule has 0 unspecified atom stereocenters. The molecule has 2 fully saturated rings. The van der Waals surface area contributed by atoms with Gasteiger partial charge in [0.25, 0.3) is 0 Å². The number of Topliss-reactive ketones (excluding diaryl/α,β-unsaturated/α-hetero) is 1. The van der Waals surface area contributed by atoms with Crippen molar-refractivity contribution < 1.29 is 9.59 Å². The first-order chi connectivity index (χ1) is 13.0. The molecular weight excluding hydrogens is 336 g/mol. The van der Waals surface area contributed by atoms with Gasteiger partial charge in [-0.05, 0) is 51.1 Å². The molecule has 1 heterocycles. The van der Waals surface area contributed by atoms with Crippen LogP contribution in [-0.2, 0) is 4.79 Å². The molecule has 4 heteroatoms. The van der Waals surface area contributed by atoms with Gasteiger partial charge in [0.1, 0.15) is 0 Å². The molecule has 1 aromatic carbocycles. The van der Waals surface area contributed by atoms with E-state index in [4.69, 9.17) is 0 Å². The van der Waals surface area contributed by atoms with Gasteiger partial charge in [0.2, 0.25) is 5.91 Å². The summed E-state index contributed by atoms with van der Waals surface area (Å²) in [6, 6.07) is 9.76. The van der Waals surface area contributed by atoms with Crippen LogP contribution in [0.15, 0.2) is 30.3 Å². The zero-order valence-corrected chi connectivity index (χ0v) is 17.0. The summed E-state index contributed by atoms with van der Waals surface area (Å²) in [7, 11) is 0. The average molecular weight is 371 g/mol. The second-order valence-electron chi connectivity index (χ2n) is 8.60. The molecule has 0 bridgehead atoms. The molecule has 4 atom stereocenters. The largest absolute Gasteiger partial charge is 0.352 e. The van der Waals surface area contributed by atoms with Crippen molar-refractivity contribution in [3.05, 3.63) is 35.9 Å². The second-order valence-corrected chi connectivity index (χ2v) is 8.60. The number of carbonyl (C=O) groups excluding carboxylic acids is 2. The minimum Gasteiger partial charge on any atom is -0.352 e. The van der Waals surface area contributed by atoms with Crippen molar-refractivity contribution in [2.75, 3.05) is 13.1 Å². The van der Waals surface area contributed by atoms with Crippen molar-refractivity contribution >= 4 is 11.7 Å². The SMILES string of the molecule is C[C@@H]1[C@H](C)CCC[C@@H]1NC(=O)[C@@H](C)N1CCC(C(=O)c2ccccc2)CC1. The van der Waals surface area contributed by atoms with Crippen molar-refractivity contribution in [1.82, 2.24) is 10.2 Å². The molecule has 27 heavy (non-hydrogen) atoms. The maximum atomic E-state index is 12.8. The van der Waals surface area contributed by atoms with Crippen LogP contribution in [0.2, 0.25) is 0 Å². The van der Waals surface area contributed by atoms with Gasteiger partial charge in [-0.2, -0.15) is 0 Å². The van der Waals surface area contributed by atoms with Gasteiger partial charge in [-0.15, -0.1) is 0 Å². The van der Waals surface area contributed by atoms with Gasteiger partial charge in [-0.3, -0.25) is 14.5 Å². The van der Waals surface area contributed by atoms with Crippen LogP contribution in [-0.4, -0.2) is 41.8 Å². The highest BCUT2D eigenvalue weighted by Gasteiger charge is 2.33. The first kappa shape index (κ1) is 20.1. The lowest BCUT2D eigenvalue weighted by molar-refractivity contribution is -0.127. The number of rotatable bonds is 5. The lowest BCUT2D eigenvalue weighted by Crippen LogP contribution is -2.53. The Morgan fingerprint density at radius 1 is 1.04 bits per heavy atom. The molecule has 3 rings (SSSR count). The molecule has 1 amide bonds. The Hall–Kier alpha value is -1.68. The lowest BCUT2D eigenvalue weighted by atomic mass is 9.78. The normalized spacial score (nSPS) is 28.5. The smallest absolute Gasteiger partial charge is 0.237 e. The molecule has 0 spiro atoms. The predicted octanol–water partition coefficient (Wildman–Crippen LogP) is 3.91. The van der Waals surface area contributed by atoms with E-state index in [9.17, 15) is 9.59 Å². The Balaban J connectivity index is 1.50. The second kappa shape index (κ2) is 9.01. The molecule has 4 nitrogen and oxygen atoms in total. The Labute approximate surface area is 163 Å². The Bertz CT molecular complexity index is 637. The molecule has 1 aromatic rings. The zero-order chi connectivity index (χ0) is 19.4. The van der Waals surface area contributed by atoms with E-state index in [1.165, 1.54) is 12.8 Å². The molecule has 1 aliphatic carbocycles. The number of carbonyl (C=O) groups is 2. The molecule has 2 aliphatic rings. The maximum absolute atomic E-state index is 12.8. The Morgan fingerprint density at radius 2 is 1.70 bits per heavy atom. The molecular formula is C23H34N2O2. The molecule has 0 radical (unpaired) electrons. The van der Waals surface area contributed by atoms with Crippen LogP contribution in [0.3, 0.4) is 0 Å². The summed E-state index contributed by atoms with van der Waals surface area (Å²) >= 11 is 0. The number of likely N-dealkylation sites (tertiary alicyclic amines) is 1. The molecule has 0 aromatic heterocycles. The number of nitrogens with one attached hydrogen (secondary N) is 1. The third-order valence-electron chi connectivity index (χ3n) is 6.92. The fraction of sp³-hybridized carbons (Fsp3) is 0.652. The number of ketones is 1. The third-order valence-corrected chi connectivity index (χ3v) is 6.92. The van der Waals surface area contributed by atoms with Crippen molar-refractivity contribution in [3.8, 4) is 0 Å². The minimum atomic E-state index is -0.123. The van der Waals surface area contributed by atoms with Crippen LogP contribution < -0.4 is 5.32 Å². The van der Waals surface area contributed by atoms with E-state index in [2.05, 4.69) is 24.1 Å². The van der Waals surface area contributed by atoms with E-state index in [1.807, 2.05) is 37.3 Å². The first-order valence-electron chi connectivity index (χ1n) is 10.6. The standard InChI is InChI=1S/C23H34N2O2/c1-16-8-7-11-21(17(16)2)24-23(27)18(3)25-14-12-20(13-15-25)22(26)19-9-5-4-6-10-19/h4-6,9-10,16-18,20-21H,7-8,11-15H2,1-3H3,(H,24,27)/t16-,17-,18-,21+/m1/s1. The summed E-state index contributed by atoms with van der Waals surface area (Å²) in [6.07, 6.45) is 5.24. The summed E-state index contributed by atoms with van der Waals surface area (Å²) in [5.74, 6) is 1.70. The van der Waals surface area contributed by atoms with E-state index in [0.717, 1.165) is 37.9 Å². The summed E-state index contributed by atoms with van der Waals surface area (Å²) in [4.78, 5) is 27.7. The monoisotopic (exact) mass is 370 g/mol. The highest BCUT2D eigenvalue weighted by atomic mass is 16.2. The molecule has 1 N–H and O–H groups in total. The van der Waals surface area contributed by atoms with Crippen LogP contribution in [0.5, 0.6) is 0 Å². The molecule has 1 aliphatic heterocycles. The summed E-state index contributed by atoms with van der Waals surface area (Å²) < 4.78 is 0. The fourth-order valence-corrected chi connectivity index (χ4v) is 4.64. The minimum absolute atomic E-state index is 0.0816. The first-order valence-corrected chi connectivity index (χ1v) is 10.6. The lowest BCUT2D eigenvalue weighted by Gasteiger charge is -2.38. The molecule has 148 valence electrons. The fourth-order valence-electron chi connectivity index (χ4n) is 4.64. The van der Waals surface area contributed by atoms with Crippen molar-refractivity contribution in [2.45, 2.75) is 65.0 Å². The maximum Gasteiger partial charge on any atom is 0.237 e. The van der Waals surface area contributed by atoms with Gasteiger partial charge < -0.3 is 5.32 Å². The van der Waals surface area contributed by atoms with Gasteiger partial charge >= 0.3 is 0 Å². The van der Waals surface area contributed by atoms with E-state index < -0.39 is 0 Å². The van der Waals surface area contributed by atoms with Crippen LogP contribution in [0.4, 0.5) is 0 Å². The highest BCUT2D eigenvalue weighted by molar-refractivity contribution is 5.97. The number of piperidine rings is 1. The Morgan fingerprint density at radius 3 is 2.37 bits per heavy atom. The van der Waals surface area contributed by atoms with E-state index >= 15 is 0 Å². The van der Waals surface area contributed by atoms with Gasteiger partial charge in [0.05, 0.1) is 6.04 Å². The van der Waals surface area contributed by atoms with Gasteiger partial charge in [-0.25, -0.2) is 0 Å². The van der Waals surface area contributed by atoms with Crippen molar-refractivity contribution in [2.24, 2.45) is 17.8 Å². The van der Waals surface area contributed by atoms with E-state index in [-0.39, 0.29) is 23.7 Å². The molecule has 1 saturated carbocycles. The number of hydrogen-bond acceptors (Lipinski definition) is 3. The predicted molar refractivity (Wildman–Crippen MR) is 109 cm³/mol. The van der Waals surface area contributed by atoms with Crippen LogP contribution in [0.25, 0.3) is 0 Å². The van der Waals surface area contributed by atoms with Crippen molar-refractivity contribution in [1.29, 1.82) is 0 Å². The third kappa shape index (κ3) is 4.78. The van der Waals surface area contributed by atoms with Crippen LogP contribution in [0, 0.1) is 17.8 Å². The number of benzene rings is 1. The summed E-state index contributed by atoms with van der Waals surface area (Å²) in [5, 5.41) is 3.31. The number of amides is 1. The number of hydrogen-bond donors (Lipinski definition) is 1. The van der Waals surface area contributed by atoms with Gasteiger partial charge in [0, 0.05) is 17.5 Å². The highest BCUT2D eigenvalue weighted by Crippen LogP contribution is 2.30.